The molecule has 41 heavy (non-hydrogen) atoms. The maximum Gasteiger partial charge on any atom is 0.318 e. The fourth-order valence-corrected chi connectivity index (χ4v) is 8.10. The van der Waals surface area contributed by atoms with Gasteiger partial charge in [-0.2, -0.15) is 9.97 Å². The van der Waals surface area contributed by atoms with Gasteiger partial charge in [-0.1, -0.05) is 37.3 Å². The van der Waals surface area contributed by atoms with Gasteiger partial charge in [0.2, 0.25) is 0 Å². The van der Waals surface area contributed by atoms with Gasteiger partial charge in [-0.3, -0.25) is 4.90 Å². The zero-order valence-electron chi connectivity index (χ0n) is 24.7. The van der Waals surface area contributed by atoms with Crippen LogP contribution in [0.4, 0.5) is 11.5 Å². The largest absolute Gasteiger partial charge is 0.461 e. The standard InChI is InChI=1S/C34H45N5O2/c1-2-26-9-3-10-27-11-4-12-30(31(26)27)38-21-14-28-29(22-38)35-33(41-24-34-15-6-18-39(34)19-7-16-34)36-32(28)37-17-5-8-25(23-40)13-20-37/h3-4,9-12,25,40H,2,5-8,13-24H2,1H3. The molecular formula is C34H45N5O2. The zero-order valence-corrected chi connectivity index (χ0v) is 24.7. The van der Waals surface area contributed by atoms with E-state index in [1.54, 1.807) is 0 Å². The van der Waals surface area contributed by atoms with Gasteiger partial charge in [0.05, 0.1) is 17.8 Å². The first-order valence-electron chi connectivity index (χ1n) is 16.1. The summed E-state index contributed by atoms with van der Waals surface area (Å²) in [5.41, 5.74) is 5.27. The molecule has 1 aromatic heterocycles. The van der Waals surface area contributed by atoms with Crippen LogP contribution < -0.4 is 14.5 Å². The molecule has 3 aromatic rings. The Hall–Kier alpha value is -2.90. The quantitative estimate of drug-likeness (QED) is 0.421. The van der Waals surface area contributed by atoms with E-state index in [0.717, 1.165) is 69.8 Å². The van der Waals surface area contributed by atoms with Crippen LogP contribution in [0, 0.1) is 5.92 Å². The molecule has 0 spiro atoms. The van der Waals surface area contributed by atoms with Gasteiger partial charge in [-0.15, -0.1) is 0 Å². The molecule has 5 heterocycles. The van der Waals surface area contributed by atoms with Crippen molar-refractivity contribution in [3.05, 3.63) is 53.2 Å². The van der Waals surface area contributed by atoms with Crippen molar-refractivity contribution in [2.24, 2.45) is 5.92 Å². The van der Waals surface area contributed by atoms with Gasteiger partial charge >= 0.3 is 6.01 Å². The van der Waals surface area contributed by atoms with Crippen LogP contribution in [-0.4, -0.2) is 71.5 Å². The first-order chi connectivity index (χ1) is 20.2. The molecule has 1 N–H and O–H groups in total. The molecule has 3 saturated heterocycles. The van der Waals surface area contributed by atoms with E-state index >= 15 is 0 Å². The fraction of sp³-hybridized carbons (Fsp3) is 0.588. The van der Waals surface area contributed by atoms with Crippen LogP contribution in [0.5, 0.6) is 6.01 Å². The van der Waals surface area contributed by atoms with Crippen LogP contribution in [0.2, 0.25) is 0 Å². The minimum atomic E-state index is 0.169. The van der Waals surface area contributed by atoms with E-state index < -0.39 is 0 Å². The smallest absolute Gasteiger partial charge is 0.318 e. The van der Waals surface area contributed by atoms with Crippen molar-refractivity contribution in [3.63, 3.8) is 0 Å². The number of hydrogen-bond donors (Lipinski definition) is 1. The molecule has 4 aliphatic rings. The lowest BCUT2D eigenvalue weighted by molar-refractivity contribution is 0.107. The van der Waals surface area contributed by atoms with E-state index in [1.807, 2.05) is 0 Å². The Labute approximate surface area is 244 Å². The maximum atomic E-state index is 9.83. The molecule has 1 unspecified atom stereocenters. The number of rotatable bonds is 7. The monoisotopic (exact) mass is 555 g/mol. The van der Waals surface area contributed by atoms with Gasteiger partial charge in [0.1, 0.15) is 12.4 Å². The fourth-order valence-electron chi connectivity index (χ4n) is 8.10. The van der Waals surface area contributed by atoms with E-state index in [9.17, 15) is 5.11 Å². The lowest BCUT2D eigenvalue weighted by atomic mass is 9.95. The lowest BCUT2D eigenvalue weighted by Crippen LogP contribution is -2.43. The lowest BCUT2D eigenvalue weighted by Gasteiger charge is -2.35. The number of aliphatic hydroxyl groups excluding tert-OH is 1. The predicted molar refractivity (Wildman–Crippen MR) is 165 cm³/mol. The van der Waals surface area contributed by atoms with Crippen LogP contribution in [0.25, 0.3) is 10.8 Å². The van der Waals surface area contributed by atoms with Gasteiger partial charge in [0, 0.05) is 42.9 Å². The van der Waals surface area contributed by atoms with Gasteiger partial charge < -0.3 is 19.6 Å². The second-order valence-electron chi connectivity index (χ2n) is 12.7. The molecule has 0 radical (unpaired) electrons. The highest BCUT2D eigenvalue weighted by atomic mass is 16.5. The molecule has 0 amide bonds. The van der Waals surface area contributed by atoms with Gasteiger partial charge in [0.15, 0.2) is 0 Å². The summed E-state index contributed by atoms with van der Waals surface area (Å²) in [5.74, 6) is 1.46. The molecule has 3 fully saturated rings. The summed E-state index contributed by atoms with van der Waals surface area (Å²) in [6, 6.07) is 13.9. The van der Waals surface area contributed by atoms with Crippen molar-refractivity contribution < 1.29 is 9.84 Å². The van der Waals surface area contributed by atoms with Crippen molar-refractivity contribution in [1.82, 2.24) is 14.9 Å². The molecule has 7 heteroatoms. The molecule has 7 nitrogen and oxygen atoms in total. The number of benzene rings is 2. The summed E-state index contributed by atoms with van der Waals surface area (Å²) < 4.78 is 6.56. The average Bonchev–Trinajstić information content (AvgIpc) is 3.50. The van der Waals surface area contributed by atoms with Crippen LogP contribution in [0.15, 0.2) is 36.4 Å². The predicted octanol–water partition coefficient (Wildman–Crippen LogP) is 5.36. The summed E-state index contributed by atoms with van der Waals surface area (Å²) in [5, 5.41) is 12.5. The molecule has 0 saturated carbocycles. The minimum Gasteiger partial charge on any atom is -0.461 e. The summed E-state index contributed by atoms with van der Waals surface area (Å²) >= 11 is 0. The number of ether oxygens (including phenoxy) is 1. The SMILES string of the molecule is CCc1cccc2cccc(N3CCc4c(nc(OCC56CCCN5CCC6)nc4N4CCCC(CO)CC4)C3)c12. The molecule has 0 aliphatic carbocycles. The summed E-state index contributed by atoms with van der Waals surface area (Å²) in [4.78, 5) is 17.9. The molecule has 2 aromatic carbocycles. The van der Waals surface area contributed by atoms with E-state index in [2.05, 4.69) is 58.0 Å². The normalized spacial score (nSPS) is 22.5. The van der Waals surface area contributed by atoms with Crippen molar-refractivity contribution in [1.29, 1.82) is 0 Å². The van der Waals surface area contributed by atoms with Crippen LogP contribution in [-0.2, 0) is 19.4 Å². The van der Waals surface area contributed by atoms with Crippen molar-refractivity contribution in [2.75, 3.05) is 55.7 Å². The third kappa shape index (κ3) is 5.05. The van der Waals surface area contributed by atoms with Gasteiger partial charge in [-0.25, -0.2) is 0 Å². The third-order valence-corrected chi connectivity index (χ3v) is 10.4. The summed E-state index contributed by atoms with van der Waals surface area (Å²) in [6.07, 6.45) is 10.1. The number of aliphatic hydroxyl groups is 1. The van der Waals surface area contributed by atoms with Gasteiger partial charge in [0.25, 0.3) is 0 Å². The van der Waals surface area contributed by atoms with Crippen molar-refractivity contribution >= 4 is 22.3 Å². The zero-order chi connectivity index (χ0) is 27.8. The van der Waals surface area contributed by atoms with E-state index in [1.165, 1.54) is 66.4 Å². The highest BCUT2D eigenvalue weighted by molar-refractivity contribution is 5.97. The summed E-state index contributed by atoms with van der Waals surface area (Å²) in [6.45, 7) is 9.22. The molecule has 0 bridgehead atoms. The Morgan fingerprint density at radius 1 is 0.927 bits per heavy atom. The van der Waals surface area contributed by atoms with Crippen LogP contribution in [0.3, 0.4) is 0 Å². The van der Waals surface area contributed by atoms with Crippen molar-refractivity contribution in [3.8, 4) is 6.01 Å². The minimum absolute atomic E-state index is 0.169. The molecule has 218 valence electrons. The van der Waals surface area contributed by atoms with Crippen LogP contribution in [0.1, 0.15) is 68.7 Å². The number of aromatic nitrogens is 2. The average molecular weight is 556 g/mol. The number of anilines is 2. The number of nitrogens with zero attached hydrogens (tertiary/aromatic N) is 5. The summed E-state index contributed by atoms with van der Waals surface area (Å²) in [7, 11) is 0. The van der Waals surface area contributed by atoms with Crippen molar-refractivity contribution in [2.45, 2.75) is 76.8 Å². The van der Waals surface area contributed by atoms with E-state index in [-0.39, 0.29) is 12.1 Å². The molecular weight excluding hydrogens is 510 g/mol. The number of fused-ring (bicyclic) bond motifs is 3. The van der Waals surface area contributed by atoms with Crippen LogP contribution >= 0.6 is 0 Å². The van der Waals surface area contributed by atoms with Gasteiger partial charge in [-0.05, 0) is 93.8 Å². The third-order valence-electron chi connectivity index (χ3n) is 10.4. The van der Waals surface area contributed by atoms with E-state index in [4.69, 9.17) is 14.7 Å². The first-order valence-corrected chi connectivity index (χ1v) is 16.1. The molecule has 1 atom stereocenters. The molecule has 7 rings (SSSR count). The first kappa shape index (κ1) is 27.0. The Kier molecular flexibility index (Phi) is 7.50. The highest BCUT2D eigenvalue weighted by Gasteiger charge is 2.45. The maximum absolute atomic E-state index is 9.83. The Balaban J connectivity index is 1.23. The molecule has 4 aliphatic heterocycles. The Bertz CT molecular complexity index is 1380. The second-order valence-corrected chi connectivity index (χ2v) is 12.7. The Morgan fingerprint density at radius 3 is 2.56 bits per heavy atom. The number of aryl methyl sites for hydroxylation is 1. The number of hydrogen-bond acceptors (Lipinski definition) is 7. The van der Waals surface area contributed by atoms with E-state index in [0.29, 0.717) is 18.5 Å². The highest BCUT2D eigenvalue weighted by Crippen LogP contribution is 2.40. The Morgan fingerprint density at radius 2 is 1.76 bits per heavy atom. The topological polar surface area (TPSA) is 65.0 Å². The second kappa shape index (κ2) is 11.4.